The van der Waals surface area contributed by atoms with Gasteiger partial charge in [0.05, 0.1) is 13.3 Å². The van der Waals surface area contributed by atoms with Crippen LogP contribution < -0.4 is 14.8 Å². The van der Waals surface area contributed by atoms with Gasteiger partial charge in [-0.1, -0.05) is 11.2 Å². The van der Waals surface area contributed by atoms with Gasteiger partial charge in [0, 0.05) is 18.7 Å². The summed E-state index contributed by atoms with van der Waals surface area (Å²) < 4.78 is 16.1. The molecule has 0 spiro atoms. The molecule has 1 saturated carbocycles. The molecule has 0 bridgehead atoms. The molecule has 2 aromatic rings. The van der Waals surface area contributed by atoms with Crippen LogP contribution in [0.25, 0.3) is 0 Å². The van der Waals surface area contributed by atoms with E-state index in [-0.39, 0.29) is 0 Å². The number of aromatic nitrogens is 1. The molecule has 0 atom stereocenters. The van der Waals surface area contributed by atoms with Gasteiger partial charge >= 0.3 is 0 Å². The number of benzene rings is 1. The van der Waals surface area contributed by atoms with E-state index < -0.39 is 0 Å². The van der Waals surface area contributed by atoms with Gasteiger partial charge in [0.25, 0.3) is 0 Å². The van der Waals surface area contributed by atoms with Crippen molar-refractivity contribution in [1.82, 2.24) is 10.5 Å². The predicted molar refractivity (Wildman–Crippen MR) is 73.7 cm³/mol. The lowest BCUT2D eigenvalue weighted by molar-refractivity contribution is 0.239. The summed E-state index contributed by atoms with van der Waals surface area (Å²) in [4.78, 5) is 0. The van der Waals surface area contributed by atoms with Gasteiger partial charge in [0.1, 0.15) is 6.61 Å². The van der Waals surface area contributed by atoms with Crippen molar-refractivity contribution >= 4 is 0 Å². The second kappa shape index (κ2) is 5.96. The molecule has 1 aromatic carbocycles. The lowest BCUT2D eigenvalue weighted by atomic mass is 10.2. The van der Waals surface area contributed by atoms with Gasteiger partial charge in [0.15, 0.2) is 17.3 Å². The van der Waals surface area contributed by atoms with E-state index in [2.05, 4.69) is 10.5 Å². The SMILES string of the molecule is COc1cc(CNC2CC2)ccc1OCc1ccno1. The van der Waals surface area contributed by atoms with E-state index in [1.165, 1.54) is 18.4 Å². The molecule has 0 aliphatic heterocycles. The summed E-state index contributed by atoms with van der Waals surface area (Å²) in [6.45, 7) is 1.21. The third kappa shape index (κ3) is 3.30. The van der Waals surface area contributed by atoms with E-state index >= 15 is 0 Å². The zero-order valence-electron chi connectivity index (χ0n) is 11.5. The average Bonchev–Trinajstić information content (AvgIpc) is 3.17. The molecule has 0 saturated heterocycles. The molecule has 1 aromatic heterocycles. The molecule has 1 fully saturated rings. The molecule has 5 nitrogen and oxygen atoms in total. The predicted octanol–water partition coefficient (Wildman–Crippen LogP) is 2.51. The quantitative estimate of drug-likeness (QED) is 0.840. The number of rotatable bonds is 7. The Labute approximate surface area is 117 Å². The van der Waals surface area contributed by atoms with Crippen molar-refractivity contribution in [1.29, 1.82) is 0 Å². The number of hydrogen-bond acceptors (Lipinski definition) is 5. The normalized spacial score (nSPS) is 14.2. The van der Waals surface area contributed by atoms with Crippen LogP contribution in [-0.2, 0) is 13.2 Å². The molecule has 0 amide bonds. The van der Waals surface area contributed by atoms with Crippen molar-refractivity contribution in [2.75, 3.05) is 7.11 Å². The van der Waals surface area contributed by atoms with E-state index in [9.17, 15) is 0 Å². The molecule has 3 rings (SSSR count). The molecule has 5 heteroatoms. The Balaban J connectivity index is 1.63. The third-order valence-corrected chi connectivity index (χ3v) is 3.26. The van der Waals surface area contributed by atoms with E-state index in [0.29, 0.717) is 24.2 Å². The number of methoxy groups -OCH3 is 1. The molecule has 0 radical (unpaired) electrons. The first-order chi connectivity index (χ1) is 9.85. The molecule has 1 N–H and O–H groups in total. The lowest BCUT2D eigenvalue weighted by Gasteiger charge is -2.11. The summed E-state index contributed by atoms with van der Waals surface area (Å²) >= 11 is 0. The Morgan fingerprint density at radius 2 is 2.20 bits per heavy atom. The lowest BCUT2D eigenvalue weighted by Crippen LogP contribution is -2.15. The van der Waals surface area contributed by atoms with Crippen LogP contribution in [-0.4, -0.2) is 18.3 Å². The van der Waals surface area contributed by atoms with Crippen LogP contribution in [0.2, 0.25) is 0 Å². The van der Waals surface area contributed by atoms with Crippen LogP contribution in [0.5, 0.6) is 11.5 Å². The Bertz CT molecular complexity index is 550. The fraction of sp³-hybridized carbons (Fsp3) is 0.400. The second-order valence-corrected chi connectivity index (χ2v) is 4.91. The summed E-state index contributed by atoms with van der Waals surface area (Å²) in [5, 5.41) is 7.12. The molecule has 0 unspecified atom stereocenters. The van der Waals surface area contributed by atoms with Crippen molar-refractivity contribution < 1.29 is 14.0 Å². The smallest absolute Gasteiger partial charge is 0.174 e. The highest BCUT2D eigenvalue weighted by molar-refractivity contribution is 5.43. The second-order valence-electron chi connectivity index (χ2n) is 4.91. The van der Waals surface area contributed by atoms with Gasteiger partial charge in [-0.15, -0.1) is 0 Å². The van der Waals surface area contributed by atoms with Crippen LogP contribution >= 0.6 is 0 Å². The maximum absolute atomic E-state index is 5.69. The Morgan fingerprint density at radius 3 is 2.90 bits per heavy atom. The minimum absolute atomic E-state index is 0.343. The zero-order valence-corrected chi connectivity index (χ0v) is 11.5. The summed E-state index contributed by atoms with van der Waals surface area (Å²) in [6, 6.07) is 8.46. The van der Waals surface area contributed by atoms with E-state index in [1.54, 1.807) is 19.4 Å². The largest absolute Gasteiger partial charge is 0.493 e. The van der Waals surface area contributed by atoms with Gasteiger partial charge < -0.3 is 19.3 Å². The van der Waals surface area contributed by atoms with Crippen molar-refractivity contribution in [3.05, 3.63) is 41.8 Å². The maximum atomic E-state index is 5.69. The van der Waals surface area contributed by atoms with Gasteiger partial charge in [-0.05, 0) is 30.5 Å². The first-order valence-corrected chi connectivity index (χ1v) is 6.78. The number of ether oxygens (including phenoxy) is 2. The van der Waals surface area contributed by atoms with Gasteiger partial charge in [-0.25, -0.2) is 0 Å². The van der Waals surface area contributed by atoms with Crippen molar-refractivity contribution in [3.8, 4) is 11.5 Å². The number of hydrogen-bond donors (Lipinski definition) is 1. The van der Waals surface area contributed by atoms with Crippen LogP contribution in [0.1, 0.15) is 24.2 Å². The minimum Gasteiger partial charge on any atom is -0.493 e. The van der Waals surface area contributed by atoms with E-state index in [1.807, 2.05) is 18.2 Å². The fourth-order valence-corrected chi connectivity index (χ4v) is 1.96. The number of nitrogens with one attached hydrogen (secondary N) is 1. The van der Waals surface area contributed by atoms with Crippen molar-refractivity contribution in [2.45, 2.75) is 32.0 Å². The van der Waals surface area contributed by atoms with Crippen LogP contribution in [0.15, 0.2) is 35.0 Å². The first-order valence-electron chi connectivity index (χ1n) is 6.78. The topological polar surface area (TPSA) is 56.5 Å². The van der Waals surface area contributed by atoms with E-state index in [4.69, 9.17) is 14.0 Å². The van der Waals surface area contributed by atoms with Crippen molar-refractivity contribution in [3.63, 3.8) is 0 Å². The average molecular weight is 274 g/mol. The third-order valence-electron chi connectivity index (χ3n) is 3.26. The van der Waals surface area contributed by atoms with Gasteiger partial charge in [0.2, 0.25) is 0 Å². The molecule has 20 heavy (non-hydrogen) atoms. The summed E-state index contributed by atoms with van der Waals surface area (Å²) in [7, 11) is 1.65. The highest BCUT2D eigenvalue weighted by Crippen LogP contribution is 2.29. The van der Waals surface area contributed by atoms with Crippen LogP contribution in [0.4, 0.5) is 0 Å². The Hall–Kier alpha value is -2.01. The standard InChI is InChI=1S/C15H18N2O3/c1-18-15-8-11(9-16-12-3-4-12)2-5-14(15)19-10-13-6-7-17-20-13/h2,5-8,12,16H,3-4,9-10H2,1H3. The molecular weight excluding hydrogens is 256 g/mol. The molecule has 1 heterocycles. The monoisotopic (exact) mass is 274 g/mol. The Kier molecular flexibility index (Phi) is 3.87. The molecule has 1 aliphatic rings. The minimum atomic E-state index is 0.343. The van der Waals surface area contributed by atoms with Gasteiger partial charge in [-0.2, -0.15) is 0 Å². The summed E-state index contributed by atoms with van der Waals surface area (Å²) in [5.74, 6) is 2.13. The molecule has 106 valence electrons. The van der Waals surface area contributed by atoms with E-state index in [0.717, 1.165) is 12.3 Å². The molecular formula is C15H18N2O3. The Morgan fingerprint density at radius 1 is 1.30 bits per heavy atom. The van der Waals surface area contributed by atoms with Crippen molar-refractivity contribution in [2.24, 2.45) is 0 Å². The zero-order chi connectivity index (χ0) is 13.8. The van der Waals surface area contributed by atoms with Gasteiger partial charge in [-0.3, -0.25) is 0 Å². The van der Waals surface area contributed by atoms with Crippen LogP contribution in [0.3, 0.4) is 0 Å². The van der Waals surface area contributed by atoms with Crippen LogP contribution in [0, 0.1) is 0 Å². The summed E-state index contributed by atoms with van der Waals surface area (Å²) in [5.41, 5.74) is 1.20. The first kappa shape index (κ1) is 13.0. The number of nitrogens with zero attached hydrogens (tertiary/aromatic N) is 1. The highest BCUT2D eigenvalue weighted by Gasteiger charge is 2.20. The fourth-order valence-electron chi connectivity index (χ4n) is 1.96. The summed E-state index contributed by atoms with van der Waals surface area (Å²) in [6.07, 6.45) is 4.17. The molecule has 1 aliphatic carbocycles. The highest BCUT2D eigenvalue weighted by atomic mass is 16.5. The maximum Gasteiger partial charge on any atom is 0.174 e.